The van der Waals surface area contributed by atoms with E-state index in [9.17, 15) is 0 Å². The molecule has 19 heavy (non-hydrogen) atoms. The molecule has 1 aromatic carbocycles. The fraction of sp³-hybridized carbons (Fsp3) is 0.267. The van der Waals surface area contributed by atoms with Gasteiger partial charge in [-0.2, -0.15) is 0 Å². The molecule has 0 aliphatic carbocycles. The van der Waals surface area contributed by atoms with Crippen LogP contribution in [0.4, 0.5) is 0 Å². The molecule has 0 radical (unpaired) electrons. The molecule has 2 aromatic rings. The molecular formula is C15H17ClN2S. The molecule has 4 heteroatoms. The Balaban J connectivity index is 2.24. The van der Waals surface area contributed by atoms with Gasteiger partial charge in [0.15, 0.2) is 0 Å². The summed E-state index contributed by atoms with van der Waals surface area (Å²) in [7, 11) is 0. The number of benzene rings is 1. The highest BCUT2D eigenvalue weighted by Gasteiger charge is 2.21. The van der Waals surface area contributed by atoms with E-state index >= 15 is 0 Å². The highest BCUT2D eigenvalue weighted by molar-refractivity contribution is 7.99. The summed E-state index contributed by atoms with van der Waals surface area (Å²) in [4.78, 5) is 5.55. The van der Waals surface area contributed by atoms with Crippen LogP contribution in [0.2, 0.25) is 5.02 Å². The smallest absolute Gasteiger partial charge is 0.0668 e. The Kier molecular flexibility index (Phi) is 5.25. The Morgan fingerprint density at radius 1 is 1.26 bits per heavy atom. The third-order valence-electron chi connectivity index (χ3n) is 2.90. The van der Waals surface area contributed by atoms with Gasteiger partial charge in [0.2, 0.25) is 0 Å². The Morgan fingerprint density at radius 3 is 2.74 bits per heavy atom. The number of hydrogen-bond donors (Lipinski definition) is 1. The maximum atomic E-state index is 6.24. The highest BCUT2D eigenvalue weighted by atomic mass is 35.5. The third-order valence-corrected chi connectivity index (χ3v) is 4.50. The highest BCUT2D eigenvalue weighted by Crippen LogP contribution is 2.37. The number of hydrogen-bond acceptors (Lipinski definition) is 3. The van der Waals surface area contributed by atoms with Gasteiger partial charge < -0.3 is 5.73 Å². The molecule has 0 amide bonds. The normalized spacial score (nSPS) is 14.1. The summed E-state index contributed by atoms with van der Waals surface area (Å²) in [5.41, 5.74) is 7.26. The molecule has 1 aromatic heterocycles. The van der Waals surface area contributed by atoms with Crippen LogP contribution in [0.1, 0.15) is 24.3 Å². The van der Waals surface area contributed by atoms with Gasteiger partial charge in [-0.1, -0.05) is 30.7 Å². The summed E-state index contributed by atoms with van der Waals surface area (Å²) >= 11 is 7.74. The molecule has 0 bridgehead atoms. The van der Waals surface area contributed by atoms with Crippen molar-refractivity contribution in [2.75, 3.05) is 0 Å². The van der Waals surface area contributed by atoms with E-state index in [1.165, 1.54) is 0 Å². The largest absolute Gasteiger partial charge is 0.326 e. The quantitative estimate of drug-likeness (QED) is 0.835. The first kappa shape index (κ1) is 14.4. The SMILES string of the molecule is CCC(N)C(Sc1cccc(Cl)c1)c1ccccn1. The Labute approximate surface area is 123 Å². The zero-order valence-corrected chi connectivity index (χ0v) is 12.4. The van der Waals surface area contributed by atoms with Gasteiger partial charge in [0, 0.05) is 22.2 Å². The molecule has 0 spiro atoms. The summed E-state index contributed by atoms with van der Waals surface area (Å²) in [6.45, 7) is 2.10. The lowest BCUT2D eigenvalue weighted by Crippen LogP contribution is -2.26. The van der Waals surface area contributed by atoms with Crippen LogP contribution in [0.5, 0.6) is 0 Å². The van der Waals surface area contributed by atoms with Crippen molar-refractivity contribution in [1.82, 2.24) is 4.98 Å². The van der Waals surface area contributed by atoms with Crippen LogP contribution in [0.25, 0.3) is 0 Å². The second-order valence-electron chi connectivity index (χ2n) is 4.32. The summed E-state index contributed by atoms with van der Waals surface area (Å²) in [5, 5.41) is 0.888. The molecule has 2 nitrogen and oxygen atoms in total. The van der Waals surface area contributed by atoms with E-state index in [1.807, 2.05) is 42.6 Å². The first-order chi connectivity index (χ1) is 9.20. The Morgan fingerprint density at radius 2 is 2.11 bits per heavy atom. The number of nitrogens with two attached hydrogens (primary N) is 1. The van der Waals surface area contributed by atoms with Crippen LogP contribution in [-0.2, 0) is 0 Å². The molecule has 100 valence electrons. The molecule has 1 heterocycles. The minimum Gasteiger partial charge on any atom is -0.326 e. The average molecular weight is 293 g/mol. The van der Waals surface area contributed by atoms with Gasteiger partial charge in [0.05, 0.1) is 10.9 Å². The van der Waals surface area contributed by atoms with Gasteiger partial charge in [-0.25, -0.2) is 0 Å². The molecule has 0 aliphatic heterocycles. The number of nitrogens with zero attached hydrogens (tertiary/aromatic N) is 1. The van der Waals surface area contributed by atoms with Crippen LogP contribution in [0, 0.1) is 0 Å². The van der Waals surface area contributed by atoms with Gasteiger partial charge in [-0.3, -0.25) is 4.98 Å². The molecule has 2 rings (SSSR count). The average Bonchev–Trinajstić information content (AvgIpc) is 2.45. The van der Waals surface area contributed by atoms with Gasteiger partial charge in [-0.05, 0) is 36.8 Å². The van der Waals surface area contributed by atoms with Crippen molar-refractivity contribution in [2.45, 2.75) is 29.5 Å². The lowest BCUT2D eigenvalue weighted by Gasteiger charge is -2.22. The first-order valence-corrected chi connectivity index (χ1v) is 7.55. The summed E-state index contributed by atoms with van der Waals surface area (Å²) < 4.78 is 0. The molecule has 0 aliphatic rings. The Bertz CT molecular complexity index is 519. The molecule has 0 saturated carbocycles. The predicted octanol–water partition coefficient (Wildman–Crippen LogP) is 4.31. The lowest BCUT2D eigenvalue weighted by atomic mass is 10.1. The van der Waals surface area contributed by atoms with Crippen molar-refractivity contribution < 1.29 is 0 Å². The summed E-state index contributed by atoms with van der Waals surface area (Å²) in [6.07, 6.45) is 2.72. The van der Waals surface area contributed by atoms with E-state index in [0.29, 0.717) is 0 Å². The van der Waals surface area contributed by atoms with Crippen LogP contribution in [-0.4, -0.2) is 11.0 Å². The number of rotatable bonds is 5. The van der Waals surface area contributed by atoms with E-state index in [1.54, 1.807) is 11.8 Å². The van der Waals surface area contributed by atoms with Gasteiger partial charge >= 0.3 is 0 Å². The lowest BCUT2D eigenvalue weighted by molar-refractivity contribution is 0.624. The first-order valence-electron chi connectivity index (χ1n) is 6.29. The van der Waals surface area contributed by atoms with Crippen molar-refractivity contribution in [3.63, 3.8) is 0 Å². The number of thioether (sulfide) groups is 1. The van der Waals surface area contributed by atoms with Crippen LogP contribution >= 0.6 is 23.4 Å². The molecule has 0 saturated heterocycles. The predicted molar refractivity (Wildman–Crippen MR) is 82.6 cm³/mol. The number of halogens is 1. The van der Waals surface area contributed by atoms with Crippen LogP contribution in [0.3, 0.4) is 0 Å². The second-order valence-corrected chi connectivity index (χ2v) is 5.97. The summed E-state index contributed by atoms with van der Waals surface area (Å²) in [5.74, 6) is 0. The van der Waals surface area contributed by atoms with Crippen molar-refractivity contribution >= 4 is 23.4 Å². The number of pyridine rings is 1. The zero-order chi connectivity index (χ0) is 13.7. The maximum absolute atomic E-state index is 6.24. The van der Waals surface area contributed by atoms with Crippen LogP contribution < -0.4 is 5.73 Å². The minimum absolute atomic E-state index is 0.0684. The van der Waals surface area contributed by atoms with E-state index in [2.05, 4.69) is 18.0 Å². The molecular weight excluding hydrogens is 276 g/mol. The second kappa shape index (κ2) is 6.94. The maximum Gasteiger partial charge on any atom is 0.0668 e. The summed E-state index contributed by atoms with van der Waals surface area (Å²) in [6, 6.07) is 13.9. The van der Waals surface area contributed by atoms with Gasteiger partial charge in [0.1, 0.15) is 0 Å². The monoisotopic (exact) mass is 292 g/mol. The minimum atomic E-state index is 0.0684. The van der Waals surface area contributed by atoms with Gasteiger partial charge in [0.25, 0.3) is 0 Å². The third kappa shape index (κ3) is 3.96. The van der Waals surface area contributed by atoms with Crippen molar-refractivity contribution in [3.8, 4) is 0 Å². The van der Waals surface area contributed by atoms with Crippen LogP contribution in [0.15, 0.2) is 53.6 Å². The molecule has 0 fully saturated rings. The number of aromatic nitrogens is 1. The fourth-order valence-electron chi connectivity index (χ4n) is 1.81. The van der Waals surface area contributed by atoms with E-state index < -0.39 is 0 Å². The van der Waals surface area contributed by atoms with E-state index in [-0.39, 0.29) is 11.3 Å². The topological polar surface area (TPSA) is 38.9 Å². The molecule has 2 atom stereocenters. The van der Waals surface area contributed by atoms with Crippen molar-refractivity contribution in [1.29, 1.82) is 0 Å². The van der Waals surface area contributed by atoms with Crippen molar-refractivity contribution in [3.05, 3.63) is 59.4 Å². The standard InChI is InChI=1S/C15H17ClN2S/c1-2-13(17)15(14-8-3-4-9-18-14)19-12-7-5-6-11(16)10-12/h3-10,13,15H,2,17H2,1H3. The van der Waals surface area contributed by atoms with Gasteiger partial charge in [-0.15, -0.1) is 11.8 Å². The van der Waals surface area contributed by atoms with E-state index in [4.69, 9.17) is 17.3 Å². The zero-order valence-electron chi connectivity index (χ0n) is 10.8. The fourth-order valence-corrected chi connectivity index (χ4v) is 3.34. The van der Waals surface area contributed by atoms with Crippen molar-refractivity contribution in [2.24, 2.45) is 5.73 Å². The van der Waals surface area contributed by atoms with E-state index in [0.717, 1.165) is 22.0 Å². The Hall–Kier alpha value is -1.03. The molecule has 2 N–H and O–H groups in total. The molecule has 2 unspecified atom stereocenters.